The van der Waals surface area contributed by atoms with Crippen molar-refractivity contribution in [2.24, 2.45) is 29.6 Å². The lowest BCUT2D eigenvalue weighted by Gasteiger charge is -2.40. The zero-order valence-electron chi connectivity index (χ0n) is 11.0. The summed E-state index contributed by atoms with van der Waals surface area (Å²) in [6.07, 6.45) is 10.4. The second-order valence-electron chi connectivity index (χ2n) is 6.30. The first-order valence-corrected chi connectivity index (χ1v) is 8.00. The van der Waals surface area contributed by atoms with Crippen LogP contribution in [0.1, 0.15) is 58.8 Å². The SMILES string of the molecule is CCCCC1C2CC(CCC1C(C)CS)C2. The average molecular weight is 240 g/mol. The van der Waals surface area contributed by atoms with E-state index in [-0.39, 0.29) is 0 Å². The Kier molecular flexibility index (Phi) is 4.64. The second-order valence-corrected chi connectivity index (χ2v) is 6.67. The first-order valence-electron chi connectivity index (χ1n) is 7.37. The van der Waals surface area contributed by atoms with E-state index < -0.39 is 0 Å². The Hall–Kier alpha value is 0.350. The lowest BCUT2D eigenvalue weighted by atomic mass is 9.65. The van der Waals surface area contributed by atoms with E-state index >= 15 is 0 Å². The summed E-state index contributed by atoms with van der Waals surface area (Å²) < 4.78 is 0. The molecule has 16 heavy (non-hydrogen) atoms. The summed E-state index contributed by atoms with van der Waals surface area (Å²) in [6, 6.07) is 0. The number of fused-ring (bicyclic) bond motifs is 3. The Bertz CT molecular complexity index is 207. The predicted molar refractivity (Wildman–Crippen MR) is 75.0 cm³/mol. The molecule has 0 aromatic heterocycles. The monoisotopic (exact) mass is 240 g/mol. The molecular formula is C15H28S. The third-order valence-electron chi connectivity index (χ3n) is 5.25. The molecule has 0 spiro atoms. The van der Waals surface area contributed by atoms with Crippen LogP contribution in [0.25, 0.3) is 0 Å². The van der Waals surface area contributed by atoms with E-state index in [2.05, 4.69) is 26.5 Å². The minimum absolute atomic E-state index is 0.838. The summed E-state index contributed by atoms with van der Waals surface area (Å²) in [5.41, 5.74) is 0. The second kappa shape index (κ2) is 5.80. The van der Waals surface area contributed by atoms with Gasteiger partial charge in [-0.25, -0.2) is 0 Å². The van der Waals surface area contributed by atoms with Crippen LogP contribution in [0.4, 0.5) is 0 Å². The van der Waals surface area contributed by atoms with Gasteiger partial charge < -0.3 is 0 Å². The van der Waals surface area contributed by atoms with Gasteiger partial charge >= 0.3 is 0 Å². The van der Waals surface area contributed by atoms with E-state index in [1.165, 1.54) is 32.1 Å². The van der Waals surface area contributed by atoms with Gasteiger partial charge in [-0.15, -0.1) is 0 Å². The van der Waals surface area contributed by atoms with Crippen LogP contribution in [0.15, 0.2) is 0 Å². The fourth-order valence-corrected chi connectivity index (χ4v) is 4.37. The summed E-state index contributed by atoms with van der Waals surface area (Å²) in [5.74, 6) is 6.15. The van der Waals surface area contributed by atoms with Crippen molar-refractivity contribution in [3.05, 3.63) is 0 Å². The van der Waals surface area contributed by atoms with E-state index in [0.717, 1.165) is 35.3 Å². The standard InChI is InChI=1S/C15H28S/c1-3-4-5-15-13-8-12(9-13)6-7-14(15)11(2)10-16/h11-16H,3-10H2,1-2H3. The molecule has 3 fully saturated rings. The molecule has 3 aliphatic rings. The van der Waals surface area contributed by atoms with Crippen LogP contribution < -0.4 is 0 Å². The van der Waals surface area contributed by atoms with Crippen LogP contribution in [0, 0.1) is 29.6 Å². The number of thiol groups is 1. The van der Waals surface area contributed by atoms with Crippen LogP contribution in [0.2, 0.25) is 0 Å². The van der Waals surface area contributed by atoms with Gasteiger partial charge in [0, 0.05) is 0 Å². The maximum Gasteiger partial charge on any atom is -0.00694 e. The molecule has 2 bridgehead atoms. The molecule has 0 nitrogen and oxygen atoms in total. The molecule has 0 amide bonds. The minimum atomic E-state index is 0.838. The molecule has 94 valence electrons. The third kappa shape index (κ3) is 2.60. The molecule has 3 rings (SSSR count). The Morgan fingerprint density at radius 1 is 1.25 bits per heavy atom. The maximum absolute atomic E-state index is 4.54. The van der Waals surface area contributed by atoms with Crippen LogP contribution >= 0.6 is 12.6 Å². The Morgan fingerprint density at radius 3 is 2.62 bits per heavy atom. The molecule has 0 saturated heterocycles. The molecular weight excluding hydrogens is 212 g/mol. The quantitative estimate of drug-likeness (QED) is 0.656. The van der Waals surface area contributed by atoms with Gasteiger partial charge in [-0.3, -0.25) is 0 Å². The first-order chi connectivity index (χ1) is 7.76. The van der Waals surface area contributed by atoms with Crippen molar-refractivity contribution >= 4 is 12.6 Å². The highest BCUT2D eigenvalue weighted by molar-refractivity contribution is 7.80. The molecule has 0 aromatic carbocycles. The predicted octanol–water partition coefficient (Wildman–Crippen LogP) is 4.79. The van der Waals surface area contributed by atoms with E-state index in [1.807, 2.05) is 0 Å². The highest BCUT2D eigenvalue weighted by atomic mass is 32.1. The van der Waals surface area contributed by atoms with E-state index in [1.54, 1.807) is 12.8 Å². The zero-order chi connectivity index (χ0) is 11.5. The summed E-state index contributed by atoms with van der Waals surface area (Å²) in [6.45, 7) is 4.76. The van der Waals surface area contributed by atoms with Crippen LogP contribution in [0.3, 0.4) is 0 Å². The van der Waals surface area contributed by atoms with E-state index in [9.17, 15) is 0 Å². The van der Waals surface area contributed by atoms with Gasteiger partial charge in [0.05, 0.1) is 0 Å². The smallest absolute Gasteiger partial charge is 0.00694 e. The van der Waals surface area contributed by atoms with Crippen molar-refractivity contribution in [3.63, 3.8) is 0 Å². The lowest BCUT2D eigenvalue weighted by Crippen LogP contribution is -2.32. The molecule has 3 aliphatic carbocycles. The van der Waals surface area contributed by atoms with Crippen molar-refractivity contribution in [1.29, 1.82) is 0 Å². The minimum Gasteiger partial charge on any atom is -0.179 e. The highest BCUT2D eigenvalue weighted by Crippen LogP contribution is 2.52. The van der Waals surface area contributed by atoms with Crippen molar-refractivity contribution in [2.45, 2.75) is 58.8 Å². The molecule has 0 aromatic rings. The highest BCUT2D eigenvalue weighted by Gasteiger charge is 2.42. The van der Waals surface area contributed by atoms with Gasteiger partial charge in [0.2, 0.25) is 0 Å². The molecule has 3 atom stereocenters. The molecule has 3 unspecified atom stereocenters. The lowest BCUT2D eigenvalue weighted by molar-refractivity contribution is 0.101. The van der Waals surface area contributed by atoms with Gasteiger partial charge in [-0.1, -0.05) is 33.1 Å². The van der Waals surface area contributed by atoms with Crippen molar-refractivity contribution in [2.75, 3.05) is 5.75 Å². The summed E-state index contributed by atoms with van der Waals surface area (Å²) >= 11 is 4.54. The topological polar surface area (TPSA) is 0 Å². The maximum atomic E-state index is 4.54. The Morgan fingerprint density at radius 2 is 2.00 bits per heavy atom. The molecule has 0 radical (unpaired) electrons. The van der Waals surface area contributed by atoms with Gasteiger partial charge in [0.25, 0.3) is 0 Å². The van der Waals surface area contributed by atoms with Gasteiger partial charge in [0.1, 0.15) is 0 Å². The fraction of sp³-hybridized carbons (Fsp3) is 1.00. The Labute approximate surface area is 107 Å². The van der Waals surface area contributed by atoms with Crippen LogP contribution in [0.5, 0.6) is 0 Å². The van der Waals surface area contributed by atoms with Gasteiger partial charge in [0.15, 0.2) is 0 Å². The van der Waals surface area contributed by atoms with E-state index in [4.69, 9.17) is 0 Å². The largest absolute Gasteiger partial charge is 0.179 e. The third-order valence-corrected chi connectivity index (χ3v) is 5.82. The molecule has 3 saturated carbocycles. The number of unbranched alkanes of at least 4 members (excludes halogenated alkanes) is 1. The molecule has 0 N–H and O–H groups in total. The molecule has 0 heterocycles. The van der Waals surface area contributed by atoms with Crippen molar-refractivity contribution in [3.8, 4) is 0 Å². The summed E-state index contributed by atoms with van der Waals surface area (Å²) in [4.78, 5) is 0. The van der Waals surface area contributed by atoms with Crippen molar-refractivity contribution in [1.82, 2.24) is 0 Å². The van der Waals surface area contributed by atoms with Crippen LogP contribution in [-0.2, 0) is 0 Å². The normalized spacial score (nSPS) is 39.9. The molecule has 0 aliphatic heterocycles. The average Bonchev–Trinajstić information content (AvgIpc) is 2.52. The fourth-order valence-electron chi connectivity index (χ4n) is 4.10. The van der Waals surface area contributed by atoms with Crippen molar-refractivity contribution < 1.29 is 0 Å². The summed E-state index contributed by atoms with van der Waals surface area (Å²) in [5, 5.41) is 0. The van der Waals surface area contributed by atoms with Gasteiger partial charge in [-0.05, 0) is 61.0 Å². The number of hydrogen-bond acceptors (Lipinski definition) is 1. The van der Waals surface area contributed by atoms with E-state index in [0.29, 0.717) is 0 Å². The van der Waals surface area contributed by atoms with Gasteiger partial charge in [-0.2, -0.15) is 12.6 Å². The summed E-state index contributed by atoms with van der Waals surface area (Å²) in [7, 11) is 0. The number of hydrogen-bond donors (Lipinski definition) is 1. The van der Waals surface area contributed by atoms with Crippen LogP contribution in [-0.4, -0.2) is 5.75 Å². The molecule has 1 heteroatoms. The Balaban J connectivity index is 1.99. The number of rotatable bonds is 5. The zero-order valence-corrected chi connectivity index (χ0v) is 11.9. The first kappa shape index (κ1) is 12.8.